The van der Waals surface area contributed by atoms with Gasteiger partial charge in [-0.2, -0.15) is 0 Å². The van der Waals surface area contributed by atoms with E-state index in [-0.39, 0.29) is 11.6 Å². The molecule has 2 heterocycles. The number of fused-ring (bicyclic) bond motifs is 3. The van der Waals surface area contributed by atoms with Crippen molar-refractivity contribution in [1.29, 1.82) is 0 Å². The average Bonchev–Trinajstić information content (AvgIpc) is 3.00. The largest absolute Gasteiger partial charge is 0.467 e. The van der Waals surface area contributed by atoms with Crippen LogP contribution in [0.5, 0.6) is 5.88 Å². The molecule has 3 aromatic rings. The first-order valence-electron chi connectivity index (χ1n) is 8.64. The van der Waals surface area contributed by atoms with Crippen molar-refractivity contribution >= 4 is 44.7 Å². The van der Waals surface area contributed by atoms with Crippen molar-refractivity contribution in [2.75, 3.05) is 11.9 Å². The van der Waals surface area contributed by atoms with Gasteiger partial charge in [-0.15, -0.1) is 11.3 Å². The lowest BCUT2D eigenvalue weighted by molar-refractivity contribution is -0.118. The van der Waals surface area contributed by atoms with Crippen LogP contribution in [0.2, 0.25) is 5.02 Å². The number of hydrogen-bond donors (Lipinski definition) is 1. The lowest BCUT2D eigenvalue weighted by Gasteiger charge is -2.18. The van der Waals surface area contributed by atoms with Gasteiger partial charge in [-0.25, -0.2) is 14.4 Å². The summed E-state index contributed by atoms with van der Waals surface area (Å²) in [4.78, 5) is 23.0. The molecule has 0 radical (unpaired) electrons. The molecule has 27 heavy (non-hydrogen) atoms. The molecule has 5 nitrogen and oxygen atoms in total. The van der Waals surface area contributed by atoms with Crippen molar-refractivity contribution in [1.82, 2.24) is 9.97 Å². The summed E-state index contributed by atoms with van der Waals surface area (Å²) in [5, 5.41) is 3.66. The monoisotopic (exact) mass is 405 g/mol. The summed E-state index contributed by atoms with van der Waals surface area (Å²) in [7, 11) is 0. The molecule has 0 bridgehead atoms. The van der Waals surface area contributed by atoms with E-state index in [0.717, 1.165) is 35.5 Å². The number of halogens is 2. The molecule has 1 amide bonds. The molecule has 1 N–H and O–H groups in total. The van der Waals surface area contributed by atoms with Crippen LogP contribution in [0.1, 0.15) is 23.8 Å². The number of thiophene rings is 1. The molecule has 0 aliphatic heterocycles. The normalized spacial score (nSPS) is 16.2. The number of hydrogen-bond acceptors (Lipinski definition) is 5. The molecule has 1 unspecified atom stereocenters. The summed E-state index contributed by atoms with van der Waals surface area (Å²) in [5.41, 5.74) is 1.58. The SMILES string of the molecule is CC1CCc2c(sc3ncnc(OCC(=O)Nc4ccc(F)cc4Cl)c23)C1. The van der Waals surface area contributed by atoms with Crippen LogP contribution in [0, 0.1) is 11.7 Å². The molecule has 1 atom stereocenters. The van der Waals surface area contributed by atoms with Crippen molar-refractivity contribution in [2.24, 2.45) is 5.92 Å². The van der Waals surface area contributed by atoms with E-state index in [2.05, 4.69) is 22.2 Å². The zero-order valence-corrected chi connectivity index (χ0v) is 16.2. The Morgan fingerprint density at radius 2 is 2.30 bits per heavy atom. The number of carbonyl (C=O) groups is 1. The first-order chi connectivity index (χ1) is 13.0. The average molecular weight is 406 g/mol. The quantitative estimate of drug-likeness (QED) is 0.687. The number of ether oxygens (including phenoxy) is 1. The molecule has 1 aromatic carbocycles. The summed E-state index contributed by atoms with van der Waals surface area (Å²) in [6.07, 6.45) is 4.59. The number of rotatable bonds is 4. The number of aromatic nitrogens is 2. The predicted octanol–water partition coefficient (Wildman–Crippen LogP) is 4.63. The fourth-order valence-electron chi connectivity index (χ4n) is 3.27. The van der Waals surface area contributed by atoms with Crippen LogP contribution >= 0.6 is 22.9 Å². The Bertz CT molecular complexity index is 1020. The van der Waals surface area contributed by atoms with Crippen LogP contribution < -0.4 is 10.1 Å². The lowest BCUT2D eigenvalue weighted by Crippen LogP contribution is -2.21. The van der Waals surface area contributed by atoms with Gasteiger partial charge in [0.15, 0.2) is 6.61 Å². The zero-order chi connectivity index (χ0) is 19.0. The van der Waals surface area contributed by atoms with E-state index in [1.165, 1.54) is 28.9 Å². The smallest absolute Gasteiger partial charge is 0.262 e. The molecule has 4 rings (SSSR count). The van der Waals surface area contributed by atoms with E-state index in [9.17, 15) is 9.18 Å². The van der Waals surface area contributed by atoms with Crippen LogP contribution in [0.25, 0.3) is 10.2 Å². The van der Waals surface area contributed by atoms with E-state index in [1.807, 2.05) is 0 Å². The lowest BCUT2D eigenvalue weighted by atomic mass is 9.89. The number of aryl methyl sites for hydroxylation is 1. The minimum Gasteiger partial charge on any atom is -0.467 e. The topological polar surface area (TPSA) is 64.1 Å². The highest BCUT2D eigenvalue weighted by molar-refractivity contribution is 7.18. The van der Waals surface area contributed by atoms with Crippen LogP contribution in [0.15, 0.2) is 24.5 Å². The first kappa shape index (κ1) is 18.1. The fourth-order valence-corrected chi connectivity index (χ4v) is 4.82. The summed E-state index contributed by atoms with van der Waals surface area (Å²) < 4.78 is 18.8. The predicted molar refractivity (Wildman–Crippen MR) is 104 cm³/mol. The van der Waals surface area contributed by atoms with E-state index in [0.29, 0.717) is 17.5 Å². The van der Waals surface area contributed by atoms with E-state index < -0.39 is 11.7 Å². The molecule has 0 fully saturated rings. The first-order valence-corrected chi connectivity index (χ1v) is 9.83. The van der Waals surface area contributed by atoms with Crippen LogP contribution in [-0.2, 0) is 17.6 Å². The van der Waals surface area contributed by atoms with Crippen LogP contribution in [0.3, 0.4) is 0 Å². The van der Waals surface area contributed by atoms with Crippen molar-refractivity contribution in [3.63, 3.8) is 0 Å². The second kappa shape index (κ2) is 7.40. The zero-order valence-electron chi connectivity index (χ0n) is 14.6. The molecule has 0 saturated heterocycles. The van der Waals surface area contributed by atoms with E-state index >= 15 is 0 Å². The molecule has 0 saturated carbocycles. The number of anilines is 1. The third kappa shape index (κ3) is 3.75. The van der Waals surface area contributed by atoms with Crippen LogP contribution in [-0.4, -0.2) is 22.5 Å². The molecular formula is C19H17ClFN3O2S. The van der Waals surface area contributed by atoms with Gasteiger partial charge in [0.1, 0.15) is 17.0 Å². The van der Waals surface area contributed by atoms with Crippen molar-refractivity contribution in [3.8, 4) is 5.88 Å². The maximum atomic E-state index is 13.1. The number of amides is 1. The van der Waals surface area contributed by atoms with Crippen molar-refractivity contribution < 1.29 is 13.9 Å². The maximum absolute atomic E-state index is 13.1. The van der Waals surface area contributed by atoms with Crippen LogP contribution in [0.4, 0.5) is 10.1 Å². The minimum atomic E-state index is -0.464. The highest BCUT2D eigenvalue weighted by Crippen LogP contribution is 2.40. The maximum Gasteiger partial charge on any atom is 0.262 e. The van der Waals surface area contributed by atoms with E-state index in [4.69, 9.17) is 16.3 Å². The molecular weight excluding hydrogens is 389 g/mol. The Hall–Kier alpha value is -2.25. The highest BCUT2D eigenvalue weighted by Gasteiger charge is 2.24. The Morgan fingerprint density at radius 3 is 3.11 bits per heavy atom. The second-order valence-electron chi connectivity index (χ2n) is 6.67. The molecule has 8 heteroatoms. The molecule has 2 aromatic heterocycles. The van der Waals surface area contributed by atoms with Gasteiger partial charge >= 0.3 is 0 Å². The minimum absolute atomic E-state index is 0.133. The van der Waals surface area contributed by atoms with Gasteiger partial charge in [-0.05, 0) is 48.9 Å². The summed E-state index contributed by atoms with van der Waals surface area (Å²) in [5.74, 6) is 0.226. The third-order valence-electron chi connectivity index (χ3n) is 4.60. The Labute approximate surface area is 164 Å². The van der Waals surface area contributed by atoms with Gasteiger partial charge in [0.2, 0.25) is 5.88 Å². The standard InChI is InChI=1S/C19H17ClFN3O2S/c1-10-2-4-12-15(6-10)27-19-17(12)18(22-9-23-19)26-8-16(25)24-14-5-3-11(21)7-13(14)20/h3,5,7,9-10H,2,4,6,8H2,1H3,(H,24,25). The Balaban J connectivity index is 1.51. The Kier molecular flexibility index (Phi) is 4.97. The highest BCUT2D eigenvalue weighted by atomic mass is 35.5. The van der Waals surface area contributed by atoms with Crippen molar-refractivity contribution in [2.45, 2.75) is 26.2 Å². The van der Waals surface area contributed by atoms with Gasteiger partial charge in [-0.1, -0.05) is 18.5 Å². The van der Waals surface area contributed by atoms with Crippen molar-refractivity contribution in [3.05, 3.63) is 45.8 Å². The summed E-state index contributed by atoms with van der Waals surface area (Å²) >= 11 is 7.60. The third-order valence-corrected chi connectivity index (χ3v) is 6.08. The molecule has 140 valence electrons. The number of nitrogens with zero attached hydrogens (tertiary/aromatic N) is 2. The fraction of sp³-hybridized carbons (Fsp3) is 0.316. The second-order valence-corrected chi connectivity index (χ2v) is 8.16. The summed E-state index contributed by atoms with van der Waals surface area (Å²) in [6.45, 7) is 2.03. The number of carbonyl (C=O) groups excluding carboxylic acids is 1. The molecule has 0 spiro atoms. The number of nitrogens with one attached hydrogen (secondary N) is 1. The van der Waals surface area contributed by atoms with Gasteiger partial charge in [-0.3, -0.25) is 4.79 Å². The van der Waals surface area contributed by atoms with Gasteiger partial charge in [0, 0.05) is 4.88 Å². The number of benzene rings is 1. The van der Waals surface area contributed by atoms with E-state index in [1.54, 1.807) is 11.3 Å². The molecule has 1 aliphatic carbocycles. The summed E-state index contributed by atoms with van der Waals surface area (Å²) in [6, 6.07) is 3.79. The Morgan fingerprint density at radius 1 is 1.44 bits per heavy atom. The van der Waals surface area contributed by atoms with Gasteiger partial charge in [0.05, 0.1) is 16.1 Å². The van der Waals surface area contributed by atoms with Gasteiger partial charge < -0.3 is 10.1 Å². The molecule has 1 aliphatic rings. The van der Waals surface area contributed by atoms with Gasteiger partial charge in [0.25, 0.3) is 5.91 Å².